The Hall–Kier alpha value is -2.53. The van der Waals surface area contributed by atoms with Crippen LogP contribution in [0.2, 0.25) is 0 Å². The molecule has 3 N–H and O–H groups in total. The lowest BCUT2D eigenvalue weighted by molar-refractivity contribution is -0.0312. The summed E-state index contributed by atoms with van der Waals surface area (Å²) in [6.45, 7) is 2.57. The number of hydrogen-bond acceptors (Lipinski definition) is 11. The van der Waals surface area contributed by atoms with E-state index < -0.39 is 31.8 Å². The van der Waals surface area contributed by atoms with Gasteiger partial charge in [-0.1, -0.05) is 6.07 Å². The fourth-order valence-electron chi connectivity index (χ4n) is 5.36. The number of nitrogens with one attached hydrogen (secondary N) is 2. The minimum absolute atomic E-state index is 0.0101. The molecule has 3 aliphatic rings. The first-order chi connectivity index (χ1) is 19.5. The molecule has 5 rings (SSSR count). The fraction of sp³-hybridized carbons (Fsp3) is 0.577. The van der Waals surface area contributed by atoms with E-state index in [1.165, 1.54) is 29.7 Å². The van der Waals surface area contributed by atoms with E-state index in [1.807, 2.05) is 11.9 Å². The molecule has 0 amide bonds. The number of fused-ring (bicyclic) bond motifs is 1. The van der Waals surface area contributed by atoms with Crippen molar-refractivity contribution in [3.05, 3.63) is 36.5 Å². The summed E-state index contributed by atoms with van der Waals surface area (Å²) >= 11 is 0. The molecule has 2 fully saturated rings. The Morgan fingerprint density at radius 1 is 1.17 bits per heavy atom. The number of sulfonamides is 2. The molecule has 0 saturated carbocycles. The Morgan fingerprint density at radius 3 is 2.71 bits per heavy atom. The molecule has 226 valence electrons. The molecule has 3 aliphatic heterocycles. The van der Waals surface area contributed by atoms with Crippen LogP contribution in [0.15, 0.2) is 46.3 Å². The molecule has 15 heteroatoms. The van der Waals surface area contributed by atoms with Gasteiger partial charge < -0.3 is 29.5 Å². The summed E-state index contributed by atoms with van der Waals surface area (Å²) in [4.78, 5) is 6.48. The maximum atomic E-state index is 13.3. The first-order valence-corrected chi connectivity index (χ1v) is 16.5. The van der Waals surface area contributed by atoms with Gasteiger partial charge in [-0.15, -0.1) is 0 Å². The van der Waals surface area contributed by atoms with Gasteiger partial charge in [0.1, 0.15) is 30.0 Å². The fourth-order valence-corrected chi connectivity index (χ4v) is 7.53. The van der Waals surface area contributed by atoms with Gasteiger partial charge in [-0.2, -0.15) is 4.31 Å². The van der Waals surface area contributed by atoms with Gasteiger partial charge in [-0.05, 0) is 38.4 Å². The number of nitrogens with zero attached hydrogens (tertiary/aromatic N) is 3. The van der Waals surface area contributed by atoms with E-state index in [1.54, 1.807) is 18.2 Å². The molecule has 41 heavy (non-hydrogen) atoms. The Kier molecular flexibility index (Phi) is 8.76. The smallest absolute Gasteiger partial charge is 0.244 e. The zero-order valence-corrected chi connectivity index (χ0v) is 24.8. The van der Waals surface area contributed by atoms with E-state index in [9.17, 15) is 21.9 Å². The lowest BCUT2D eigenvalue weighted by atomic mass is 9.88. The van der Waals surface area contributed by atoms with E-state index in [0.29, 0.717) is 69.4 Å². The minimum atomic E-state index is -3.72. The molecule has 0 aliphatic carbocycles. The van der Waals surface area contributed by atoms with Crippen LogP contribution < -0.4 is 24.4 Å². The zero-order chi connectivity index (χ0) is 29.3. The zero-order valence-electron chi connectivity index (χ0n) is 23.2. The summed E-state index contributed by atoms with van der Waals surface area (Å²) in [5.41, 5.74) is -0.412. The second-order valence-corrected chi connectivity index (χ2v) is 14.4. The van der Waals surface area contributed by atoms with Gasteiger partial charge >= 0.3 is 0 Å². The predicted octanol–water partition coefficient (Wildman–Crippen LogP) is 0.160. The molecule has 1 aromatic carbocycles. The van der Waals surface area contributed by atoms with Crippen molar-refractivity contribution in [3.8, 4) is 11.5 Å². The molecule has 2 saturated heterocycles. The van der Waals surface area contributed by atoms with E-state index in [-0.39, 0.29) is 29.0 Å². The van der Waals surface area contributed by atoms with Gasteiger partial charge in [-0.3, -0.25) is 0 Å². The van der Waals surface area contributed by atoms with Crippen molar-refractivity contribution in [2.75, 3.05) is 65.0 Å². The SMILES string of the molecule is CNS(=O)(=O)c1cccc(OC[C@@H](O)CNC2COC3(CCN(S(=O)(=O)c4cnc5c(c4)OCCN5C)CC3)C2)c1. The van der Waals surface area contributed by atoms with Crippen LogP contribution in [0.3, 0.4) is 0 Å². The number of benzene rings is 1. The number of pyridine rings is 1. The highest BCUT2D eigenvalue weighted by Gasteiger charge is 2.45. The maximum Gasteiger partial charge on any atom is 0.244 e. The molecule has 4 heterocycles. The van der Waals surface area contributed by atoms with Crippen LogP contribution in [-0.2, 0) is 24.8 Å². The summed E-state index contributed by atoms with van der Waals surface area (Å²) in [6, 6.07) is 7.64. The molecule has 13 nitrogen and oxygen atoms in total. The summed E-state index contributed by atoms with van der Waals surface area (Å²) in [6.07, 6.45) is 2.42. The van der Waals surface area contributed by atoms with Crippen LogP contribution in [0, 0.1) is 0 Å². The quantitative estimate of drug-likeness (QED) is 0.336. The summed E-state index contributed by atoms with van der Waals surface area (Å²) in [5.74, 6) is 1.46. The Balaban J connectivity index is 1.09. The van der Waals surface area contributed by atoms with Crippen molar-refractivity contribution in [1.82, 2.24) is 19.3 Å². The van der Waals surface area contributed by atoms with Gasteiger partial charge in [0.05, 0.1) is 23.6 Å². The van der Waals surface area contributed by atoms with E-state index in [4.69, 9.17) is 14.2 Å². The third-order valence-electron chi connectivity index (χ3n) is 7.80. The van der Waals surface area contributed by atoms with Crippen LogP contribution in [0.1, 0.15) is 19.3 Å². The number of ether oxygens (including phenoxy) is 3. The highest BCUT2D eigenvalue weighted by atomic mass is 32.2. The number of hydrogen-bond donors (Lipinski definition) is 3. The summed E-state index contributed by atoms with van der Waals surface area (Å²) in [5, 5.41) is 13.7. The summed E-state index contributed by atoms with van der Waals surface area (Å²) < 4.78 is 71.8. The third kappa shape index (κ3) is 6.61. The molecule has 1 unspecified atom stereocenters. The van der Waals surface area contributed by atoms with Crippen molar-refractivity contribution < 1.29 is 36.2 Å². The van der Waals surface area contributed by atoms with Crippen molar-refractivity contribution in [2.24, 2.45) is 0 Å². The Morgan fingerprint density at radius 2 is 1.95 bits per heavy atom. The monoisotopic (exact) mass is 611 g/mol. The second kappa shape index (κ2) is 12.0. The van der Waals surface area contributed by atoms with Crippen molar-refractivity contribution in [3.63, 3.8) is 0 Å². The van der Waals surface area contributed by atoms with Gasteiger partial charge in [0.2, 0.25) is 20.0 Å². The van der Waals surface area contributed by atoms with Gasteiger partial charge in [0.25, 0.3) is 0 Å². The standard InChI is InChI=1S/C26H37N5O8S2/c1-27-40(33,34)22-5-3-4-21(12-22)38-18-20(32)15-28-19-14-26(39-17-19)6-8-31(9-7-26)41(35,36)23-13-24-25(29-16-23)30(2)10-11-37-24/h3-5,12-13,16,19-20,27-28,32H,6-11,14-15,17-18H2,1-2H3/t19?,20-/m0/s1. The van der Waals surface area contributed by atoms with Crippen molar-refractivity contribution >= 4 is 25.9 Å². The molecular weight excluding hydrogens is 574 g/mol. The number of rotatable bonds is 10. The molecule has 2 atom stereocenters. The first-order valence-electron chi connectivity index (χ1n) is 13.6. The van der Waals surface area contributed by atoms with E-state index in [2.05, 4.69) is 15.0 Å². The third-order valence-corrected chi connectivity index (χ3v) is 11.1. The molecular formula is C26H37N5O8S2. The number of aromatic nitrogens is 1. The molecule has 1 spiro atoms. The van der Waals surface area contributed by atoms with E-state index >= 15 is 0 Å². The van der Waals surface area contributed by atoms with Gasteiger partial charge in [0.15, 0.2) is 11.6 Å². The Bertz CT molecular complexity index is 1450. The van der Waals surface area contributed by atoms with Gasteiger partial charge in [-0.25, -0.2) is 26.5 Å². The van der Waals surface area contributed by atoms with E-state index in [0.717, 1.165) is 0 Å². The van der Waals surface area contributed by atoms with Crippen LogP contribution in [0.5, 0.6) is 11.5 Å². The van der Waals surface area contributed by atoms with Crippen LogP contribution in [-0.4, -0.2) is 109 Å². The lowest BCUT2D eigenvalue weighted by Gasteiger charge is -2.38. The number of likely N-dealkylation sites (N-methyl/N-ethyl adjacent to an activating group) is 1. The molecule has 1 aromatic heterocycles. The number of aliphatic hydroxyl groups excluding tert-OH is 1. The highest BCUT2D eigenvalue weighted by molar-refractivity contribution is 7.89. The van der Waals surface area contributed by atoms with Crippen molar-refractivity contribution in [2.45, 2.75) is 46.8 Å². The maximum absolute atomic E-state index is 13.3. The molecule has 0 radical (unpaired) electrons. The average Bonchev–Trinajstić information content (AvgIpc) is 3.37. The minimum Gasteiger partial charge on any atom is -0.491 e. The first kappa shape index (κ1) is 29.9. The molecule has 0 bridgehead atoms. The molecule has 2 aromatic rings. The van der Waals surface area contributed by atoms with Gasteiger partial charge in [0, 0.05) is 51.1 Å². The van der Waals surface area contributed by atoms with Crippen molar-refractivity contribution in [1.29, 1.82) is 0 Å². The van der Waals surface area contributed by atoms with Crippen LogP contribution in [0.25, 0.3) is 0 Å². The summed E-state index contributed by atoms with van der Waals surface area (Å²) in [7, 11) is -4.08. The van der Waals surface area contributed by atoms with Crippen LogP contribution >= 0.6 is 0 Å². The largest absolute Gasteiger partial charge is 0.491 e. The number of aliphatic hydroxyl groups is 1. The topological polar surface area (TPSA) is 160 Å². The Labute approximate surface area is 240 Å². The number of anilines is 1. The highest BCUT2D eigenvalue weighted by Crippen LogP contribution is 2.38. The van der Waals surface area contributed by atoms with Crippen LogP contribution in [0.4, 0.5) is 5.82 Å². The average molecular weight is 612 g/mol. The normalized spacial score (nSPS) is 21.8. The lowest BCUT2D eigenvalue weighted by Crippen LogP contribution is -2.47. The number of piperidine rings is 1. The predicted molar refractivity (Wildman–Crippen MR) is 150 cm³/mol. The second-order valence-electron chi connectivity index (χ2n) is 10.6.